The zero-order valence-corrected chi connectivity index (χ0v) is 11.3. The van der Waals surface area contributed by atoms with Gasteiger partial charge in [-0.3, -0.25) is 0 Å². The Hall–Kier alpha value is -0.270. The monoisotopic (exact) mass is 242 g/mol. The van der Waals surface area contributed by atoms with Gasteiger partial charge in [-0.2, -0.15) is 0 Å². The number of halogens is 1. The maximum atomic E-state index is 10.7. The molecular formula is C14H23ClO. The highest BCUT2D eigenvalue weighted by atomic mass is 35.5. The van der Waals surface area contributed by atoms with Crippen LogP contribution in [0.2, 0.25) is 0 Å². The lowest BCUT2D eigenvalue weighted by atomic mass is 9.73. The van der Waals surface area contributed by atoms with E-state index in [1.807, 2.05) is 13.8 Å². The Morgan fingerprint density at radius 2 is 2.31 bits per heavy atom. The van der Waals surface area contributed by atoms with Gasteiger partial charge in [-0.25, -0.2) is 0 Å². The second-order valence-electron chi connectivity index (χ2n) is 5.01. The smallest absolute Gasteiger partial charge is 0.102 e. The van der Waals surface area contributed by atoms with Crippen LogP contribution in [0.25, 0.3) is 0 Å². The molecule has 16 heavy (non-hydrogen) atoms. The van der Waals surface area contributed by atoms with Gasteiger partial charge >= 0.3 is 0 Å². The van der Waals surface area contributed by atoms with Crippen molar-refractivity contribution in [3.05, 3.63) is 23.8 Å². The van der Waals surface area contributed by atoms with Crippen LogP contribution >= 0.6 is 11.6 Å². The molecule has 0 aromatic rings. The fourth-order valence-electron chi connectivity index (χ4n) is 2.38. The predicted octanol–water partition coefficient (Wildman–Crippen LogP) is 4.06. The summed E-state index contributed by atoms with van der Waals surface area (Å²) < 4.78 is 0. The van der Waals surface area contributed by atoms with Crippen molar-refractivity contribution < 1.29 is 5.11 Å². The number of unbranched alkanes of at least 4 members (excludes halogenated alkanes) is 1. The van der Waals surface area contributed by atoms with Crippen LogP contribution < -0.4 is 0 Å². The molecule has 92 valence electrons. The predicted molar refractivity (Wildman–Crippen MR) is 70.8 cm³/mol. The quantitative estimate of drug-likeness (QED) is 0.582. The van der Waals surface area contributed by atoms with E-state index in [0.717, 1.165) is 36.8 Å². The first-order valence-corrected chi connectivity index (χ1v) is 6.56. The van der Waals surface area contributed by atoms with Crippen LogP contribution in [0.5, 0.6) is 0 Å². The summed E-state index contributed by atoms with van der Waals surface area (Å²) in [6, 6.07) is 0. The molecule has 1 nitrogen and oxygen atoms in total. The lowest BCUT2D eigenvalue weighted by Gasteiger charge is -2.41. The SMILES string of the molecule is C=C(C)[C@H]1CC=C(C)[C@](O)(CCCC)[C@@H]1Cl. The molecule has 1 aliphatic carbocycles. The normalized spacial score (nSPS) is 34.7. The molecule has 1 rings (SSSR count). The van der Waals surface area contributed by atoms with Gasteiger partial charge in [-0.15, -0.1) is 11.6 Å². The largest absolute Gasteiger partial charge is 0.384 e. The molecule has 0 amide bonds. The molecule has 0 aliphatic heterocycles. The average molecular weight is 243 g/mol. The van der Waals surface area contributed by atoms with Crippen LogP contribution in [0.1, 0.15) is 46.5 Å². The standard InChI is InChI=1S/C14H23ClO/c1-5-6-9-14(16)11(4)7-8-12(10(2)3)13(14)15/h7,12-13,16H,2,5-6,8-9H2,1,3-4H3/t12-,13-,14-/m1/s1. The van der Waals surface area contributed by atoms with E-state index in [0.29, 0.717) is 0 Å². The van der Waals surface area contributed by atoms with Crippen molar-refractivity contribution in [3.63, 3.8) is 0 Å². The van der Waals surface area contributed by atoms with Gasteiger partial charge in [-0.1, -0.05) is 38.0 Å². The Labute approximate surface area is 104 Å². The minimum Gasteiger partial charge on any atom is -0.384 e. The molecule has 0 radical (unpaired) electrons. The molecule has 1 N–H and O–H groups in total. The first kappa shape index (κ1) is 13.8. The first-order valence-electron chi connectivity index (χ1n) is 6.12. The number of aliphatic hydroxyl groups is 1. The van der Waals surface area contributed by atoms with E-state index in [-0.39, 0.29) is 11.3 Å². The molecule has 0 saturated heterocycles. The summed E-state index contributed by atoms with van der Waals surface area (Å²) in [5.41, 5.74) is 1.26. The van der Waals surface area contributed by atoms with E-state index in [1.165, 1.54) is 0 Å². The van der Waals surface area contributed by atoms with Crippen molar-refractivity contribution in [1.29, 1.82) is 0 Å². The number of hydrogen-bond acceptors (Lipinski definition) is 1. The van der Waals surface area contributed by atoms with Crippen molar-refractivity contribution >= 4 is 11.6 Å². The van der Waals surface area contributed by atoms with Crippen molar-refractivity contribution in [1.82, 2.24) is 0 Å². The second kappa shape index (κ2) is 5.37. The first-order chi connectivity index (χ1) is 7.43. The topological polar surface area (TPSA) is 20.2 Å². The Morgan fingerprint density at radius 1 is 1.69 bits per heavy atom. The average Bonchev–Trinajstić information content (AvgIpc) is 2.23. The van der Waals surface area contributed by atoms with Gasteiger partial charge in [-0.05, 0) is 32.3 Å². The van der Waals surface area contributed by atoms with E-state index in [9.17, 15) is 5.11 Å². The lowest BCUT2D eigenvalue weighted by Crippen LogP contribution is -2.47. The summed E-state index contributed by atoms with van der Waals surface area (Å²) >= 11 is 6.46. The van der Waals surface area contributed by atoms with E-state index >= 15 is 0 Å². The van der Waals surface area contributed by atoms with Crippen LogP contribution in [-0.4, -0.2) is 16.1 Å². The molecule has 0 fully saturated rings. The third-order valence-electron chi connectivity index (χ3n) is 3.71. The highest BCUT2D eigenvalue weighted by Crippen LogP contribution is 2.42. The zero-order chi connectivity index (χ0) is 12.3. The number of alkyl halides is 1. The van der Waals surface area contributed by atoms with E-state index in [2.05, 4.69) is 19.6 Å². The number of allylic oxidation sites excluding steroid dienone is 2. The fraction of sp³-hybridized carbons (Fsp3) is 0.714. The molecule has 0 saturated carbocycles. The molecule has 2 heteroatoms. The second-order valence-corrected chi connectivity index (χ2v) is 5.48. The van der Waals surface area contributed by atoms with Crippen LogP contribution in [0.15, 0.2) is 23.8 Å². The molecule has 0 bridgehead atoms. The van der Waals surface area contributed by atoms with Crippen LogP contribution in [0.4, 0.5) is 0 Å². The van der Waals surface area contributed by atoms with Gasteiger partial charge in [0.25, 0.3) is 0 Å². The Balaban J connectivity index is 2.92. The van der Waals surface area contributed by atoms with Crippen molar-refractivity contribution in [2.75, 3.05) is 0 Å². The Bertz CT molecular complexity index is 295. The van der Waals surface area contributed by atoms with E-state index < -0.39 is 5.60 Å². The lowest BCUT2D eigenvalue weighted by molar-refractivity contribution is 0.0434. The van der Waals surface area contributed by atoms with Crippen molar-refractivity contribution in [2.45, 2.75) is 57.4 Å². The molecule has 1 aliphatic rings. The van der Waals surface area contributed by atoms with Crippen molar-refractivity contribution in [2.24, 2.45) is 5.92 Å². The molecule has 0 aromatic heterocycles. The van der Waals surface area contributed by atoms with Gasteiger partial charge in [0, 0.05) is 5.92 Å². The third kappa shape index (κ3) is 2.52. The van der Waals surface area contributed by atoms with Crippen LogP contribution in [0.3, 0.4) is 0 Å². The Morgan fingerprint density at radius 3 is 2.81 bits per heavy atom. The molecule has 0 aromatic carbocycles. The highest BCUT2D eigenvalue weighted by Gasteiger charge is 2.43. The zero-order valence-electron chi connectivity index (χ0n) is 10.6. The van der Waals surface area contributed by atoms with Gasteiger partial charge in [0.1, 0.15) is 5.60 Å². The van der Waals surface area contributed by atoms with Crippen molar-refractivity contribution in [3.8, 4) is 0 Å². The summed E-state index contributed by atoms with van der Waals surface area (Å²) in [7, 11) is 0. The number of rotatable bonds is 4. The molecule has 0 heterocycles. The highest BCUT2D eigenvalue weighted by molar-refractivity contribution is 6.22. The minimum atomic E-state index is -0.834. The minimum absolute atomic E-state index is 0.201. The summed E-state index contributed by atoms with van der Waals surface area (Å²) in [6.45, 7) is 10.1. The molecular weight excluding hydrogens is 220 g/mol. The van der Waals surface area contributed by atoms with Gasteiger partial charge < -0.3 is 5.11 Å². The van der Waals surface area contributed by atoms with Crippen LogP contribution in [-0.2, 0) is 0 Å². The summed E-state index contributed by atoms with van der Waals surface area (Å²) in [5, 5.41) is 10.5. The number of hydrogen-bond donors (Lipinski definition) is 1. The fourth-order valence-corrected chi connectivity index (χ4v) is 2.98. The van der Waals surface area contributed by atoms with Crippen LogP contribution in [0, 0.1) is 5.92 Å². The van der Waals surface area contributed by atoms with E-state index in [4.69, 9.17) is 11.6 Å². The third-order valence-corrected chi connectivity index (χ3v) is 4.38. The molecule has 0 unspecified atom stereocenters. The molecule has 3 atom stereocenters. The summed E-state index contributed by atoms with van der Waals surface area (Å²) in [5.74, 6) is 0.201. The van der Waals surface area contributed by atoms with Gasteiger partial charge in [0.05, 0.1) is 5.38 Å². The van der Waals surface area contributed by atoms with E-state index in [1.54, 1.807) is 0 Å². The van der Waals surface area contributed by atoms with Gasteiger partial charge in [0.2, 0.25) is 0 Å². The maximum Gasteiger partial charge on any atom is 0.102 e. The Kier molecular flexibility index (Phi) is 4.63. The summed E-state index contributed by atoms with van der Waals surface area (Å²) in [4.78, 5) is 0. The summed E-state index contributed by atoms with van der Waals surface area (Å²) in [6.07, 6.45) is 5.87. The molecule has 0 spiro atoms. The maximum absolute atomic E-state index is 10.7. The van der Waals surface area contributed by atoms with Gasteiger partial charge in [0.15, 0.2) is 0 Å².